The van der Waals surface area contributed by atoms with Crippen molar-refractivity contribution < 1.29 is 17.9 Å². The fraction of sp³-hybridized carbons (Fsp3) is 0.385. The van der Waals surface area contributed by atoms with E-state index in [2.05, 4.69) is 17.2 Å². The van der Waals surface area contributed by atoms with Crippen LogP contribution in [0.1, 0.15) is 56.3 Å². The Kier molecular flexibility index (Phi) is 8.20. The number of ether oxygens (including phenoxy) is 1. The number of hydrogen-bond donors (Lipinski definition) is 1. The van der Waals surface area contributed by atoms with Crippen molar-refractivity contribution in [3.8, 4) is 17.0 Å². The molecule has 1 unspecified atom stereocenters. The van der Waals surface area contributed by atoms with Crippen LogP contribution in [0.25, 0.3) is 11.3 Å². The third-order valence-electron chi connectivity index (χ3n) is 6.12. The highest BCUT2D eigenvalue weighted by molar-refractivity contribution is 7.89. The molecule has 3 aromatic rings. The molecule has 1 saturated heterocycles. The Morgan fingerprint density at radius 2 is 1.86 bits per heavy atom. The number of sulfonamides is 1. The van der Waals surface area contributed by atoms with E-state index < -0.39 is 10.0 Å². The number of benzene rings is 2. The maximum Gasteiger partial charge on any atom is 0.257 e. The molecule has 0 spiro atoms. The first-order valence-corrected chi connectivity index (χ1v) is 14.4. The van der Waals surface area contributed by atoms with E-state index in [1.54, 1.807) is 16.4 Å². The molecule has 1 aliphatic heterocycles. The number of anilines is 1. The van der Waals surface area contributed by atoms with Gasteiger partial charge in [0, 0.05) is 29.1 Å². The fourth-order valence-corrected chi connectivity index (χ4v) is 6.67. The number of carbonyl (C=O) groups excluding carboxylic acids is 1. The molecule has 1 amide bonds. The van der Waals surface area contributed by atoms with Crippen LogP contribution in [0.3, 0.4) is 0 Å². The van der Waals surface area contributed by atoms with E-state index in [0.717, 1.165) is 49.1 Å². The number of nitrogens with zero attached hydrogens (tertiary/aromatic N) is 2. The highest BCUT2D eigenvalue weighted by Gasteiger charge is 2.32. The largest absolute Gasteiger partial charge is 0.494 e. The SMILES string of the molecule is CCCOc1ccc(-c2csc(NC(=O)c3ccc(S(=O)(=O)N4CCCCC4CC)cc3)n2)cc1. The highest BCUT2D eigenvalue weighted by atomic mass is 32.2. The number of carbonyl (C=O) groups is 1. The first-order chi connectivity index (χ1) is 16.9. The zero-order chi connectivity index (χ0) is 24.8. The molecule has 1 atom stereocenters. The maximum absolute atomic E-state index is 13.1. The Bertz CT molecular complexity index is 1240. The van der Waals surface area contributed by atoms with Crippen LogP contribution < -0.4 is 10.1 Å². The van der Waals surface area contributed by atoms with Crippen molar-refractivity contribution in [2.24, 2.45) is 0 Å². The quantitative estimate of drug-likeness (QED) is 0.390. The van der Waals surface area contributed by atoms with E-state index in [1.165, 1.54) is 23.5 Å². The van der Waals surface area contributed by atoms with E-state index >= 15 is 0 Å². The first kappa shape index (κ1) is 25.3. The van der Waals surface area contributed by atoms with E-state index in [9.17, 15) is 13.2 Å². The van der Waals surface area contributed by atoms with Crippen molar-refractivity contribution in [1.82, 2.24) is 9.29 Å². The van der Waals surface area contributed by atoms with Crippen molar-refractivity contribution in [2.45, 2.75) is 56.9 Å². The van der Waals surface area contributed by atoms with Gasteiger partial charge in [0.1, 0.15) is 5.75 Å². The first-order valence-electron chi connectivity index (χ1n) is 12.0. The number of aromatic nitrogens is 1. The van der Waals surface area contributed by atoms with Gasteiger partial charge in [0.05, 0.1) is 17.2 Å². The third-order valence-corrected chi connectivity index (χ3v) is 8.84. The summed E-state index contributed by atoms with van der Waals surface area (Å²) in [5.41, 5.74) is 2.08. The molecule has 1 aromatic heterocycles. The standard InChI is InChI=1S/C26H31N3O4S2/c1-3-17-33-22-12-8-19(9-13-22)24-18-34-26(27-24)28-25(30)20-10-14-23(15-11-20)35(31,32)29-16-6-5-7-21(29)4-2/h8-15,18,21H,3-7,16-17H2,1-2H3,(H,27,28,30). The van der Waals surface area contributed by atoms with Gasteiger partial charge in [0.2, 0.25) is 10.0 Å². The van der Waals surface area contributed by atoms with Crippen LogP contribution in [-0.4, -0.2) is 42.8 Å². The molecule has 7 nitrogen and oxygen atoms in total. The molecular weight excluding hydrogens is 482 g/mol. The zero-order valence-corrected chi connectivity index (χ0v) is 21.7. The lowest BCUT2D eigenvalue weighted by Gasteiger charge is -2.34. The van der Waals surface area contributed by atoms with Crippen LogP contribution in [0.5, 0.6) is 5.75 Å². The summed E-state index contributed by atoms with van der Waals surface area (Å²) in [5, 5.41) is 5.17. The molecule has 0 aliphatic carbocycles. The van der Waals surface area contributed by atoms with Gasteiger partial charge < -0.3 is 4.74 Å². The molecule has 2 heterocycles. The summed E-state index contributed by atoms with van der Waals surface area (Å²) in [5.74, 6) is 0.484. The third kappa shape index (κ3) is 5.91. The molecule has 35 heavy (non-hydrogen) atoms. The van der Waals surface area contributed by atoms with Crippen molar-refractivity contribution in [3.63, 3.8) is 0 Å². The van der Waals surface area contributed by atoms with Crippen LogP contribution >= 0.6 is 11.3 Å². The molecule has 9 heteroatoms. The summed E-state index contributed by atoms with van der Waals surface area (Å²) >= 11 is 1.34. The lowest BCUT2D eigenvalue weighted by molar-refractivity contribution is 0.102. The Morgan fingerprint density at radius 1 is 1.11 bits per heavy atom. The van der Waals surface area contributed by atoms with Gasteiger partial charge >= 0.3 is 0 Å². The van der Waals surface area contributed by atoms with E-state index in [-0.39, 0.29) is 16.8 Å². The van der Waals surface area contributed by atoms with Gasteiger partial charge in [-0.05, 0) is 74.2 Å². The molecule has 0 radical (unpaired) electrons. The van der Waals surface area contributed by atoms with Crippen molar-refractivity contribution >= 4 is 32.4 Å². The molecule has 0 bridgehead atoms. The van der Waals surface area contributed by atoms with Crippen LogP contribution in [0.4, 0.5) is 5.13 Å². The summed E-state index contributed by atoms with van der Waals surface area (Å²) in [4.78, 5) is 17.5. The summed E-state index contributed by atoms with van der Waals surface area (Å²) in [6, 6.07) is 13.9. The average Bonchev–Trinajstić information content (AvgIpc) is 3.36. The van der Waals surface area contributed by atoms with E-state index in [0.29, 0.717) is 23.8 Å². The van der Waals surface area contributed by atoms with Crippen LogP contribution in [0.15, 0.2) is 58.8 Å². The second-order valence-electron chi connectivity index (χ2n) is 8.56. The van der Waals surface area contributed by atoms with Crippen LogP contribution in [0.2, 0.25) is 0 Å². The van der Waals surface area contributed by atoms with Gasteiger partial charge in [-0.3, -0.25) is 10.1 Å². The molecule has 1 fully saturated rings. The lowest BCUT2D eigenvalue weighted by Crippen LogP contribution is -2.43. The number of amides is 1. The Morgan fingerprint density at radius 3 is 2.54 bits per heavy atom. The number of piperidine rings is 1. The van der Waals surface area contributed by atoms with Crippen molar-refractivity contribution in [2.75, 3.05) is 18.5 Å². The minimum atomic E-state index is -3.58. The lowest BCUT2D eigenvalue weighted by atomic mass is 10.0. The minimum Gasteiger partial charge on any atom is -0.494 e. The Labute approximate surface area is 211 Å². The second kappa shape index (κ2) is 11.3. The summed E-state index contributed by atoms with van der Waals surface area (Å²) in [7, 11) is -3.58. The monoisotopic (exact) mass is 513 g/mol. The molecule has 1 aliphatic rings. The second-order valence-corrected chi connectivity index (χ2v) is 11.3. The fourth-order valence-electron chi connectivity index (χ4n) is 4.19. The van der Waals surface area contributed by atoms with Gasteiger partial charge in [0.25, 0.3) is 5.91 Å². The number of rotatable bonds is 9. The predicted octanol–water partition coefficient (Wildman–Crippen LogP) is 5.80. The highest BCUT2D eigenvalue weighted by Crippen LogP contribution is 2.29. The number of nitrogens with one attached hydrogen (secondary N) is 1. The Hall–Kier alpha value is -2.75. The van der Waals surface area contributed by atoms with E-state index in [4.69, 9.17) is 4.74 Å². The molecular formula is C26H31N3O4S2. The van der Waals surface area contributed by atoms with Gasteiger partial charge in [0.15, 0.2) is 5.13 Å². The van der Waals surface area contributed by atoms with Gasteiger partial charge in [-0.25, -0.2) is 13.4 Å². The zero-order valence-electron chi connectivity index (χ0n) is 20.1. The molecule has 0 saturated carbocycles. The normalized spacial score (nSPS) is 16.7. The topological polar surface area (TPSA) is 88.6 Å². The molecule has 4 rings (SSSR count). The predicted molar refractivity (Wildman–Crippen MR) is 140 cm³/mol. The minimum absolute atomic E-state index is 0.0379. The summed E-state index contributed by atoms with van der Waals surface area (Å²) in [6.07, 6.45) is 4.58. The maximum atomic E-state index is 13.1. The van der Waals surface area contributed by atoms with Crippen LogP contribution in [-0.2, 0) is 10.0 Å². The Balaban J connectivity index is 1.41. The number of hydrogen-bond acceptors (Lipinski definition) is 6. The van der Waals surface area contributed by atoms with Gasteiger partial charge in [-0.2, -0.15) is 4.31 Å². The van der Waals surface area contributed by atoms with E-state index in [1.807, 2.05) is 36.6 Å². The number of thiazole rings is 1. The summed E-state index contributed by atoms with van der Waals surface area (Å²) < 4.78 is 33.5. The molecule has 1 N–H and O–H groups in total. The van der Waals surface area contributed by atoms with Gasteiger partial charge in [-0.1, -0.05) is 20.3 Å². The smallest absolute Gasteiger partial charge is 0.257 e. The molecule has 2 aromatic carbocycles. The summed E-state index contributed by atoms with van der Waals surface area (Å²) in [6.45, 7) is 5.31. The van der Waals surface area contributed by atoms with Crippen molar-refractivity contribution in [1.29, 1.82) is 0 Å². The van der Waals surface area contributed by atoms with Crippen molar-refractivity contribution in [3.05, 3.63) is 59.5 Å². The van der Waals surface area contributed by atoms with Gasteiger partial charge in [-0.15, -0.1) is 11.3 Å². The van der Waals surface area contributed by atoms with Crippen LogP contribution in [0, 0.1) is 0 Å². The molecule has 186 valence electrons. The average molecular weight is 514 g/mol.